The molecule has 3 rings (SSSR count). The highest BCUT2D eigenvalue weighted by atomic mass is 19.1. The Labute approximate surface area is 114 Å². The molecule has 0 aliphatic heterocycles. The molecule has 5 nitrogen and oxygen atoms in total. The molecule has 0 fully saturated rings. The van der Waals surface area contributed by atoms with Gasteiger partial charge in [-0.05, 0) is 42.8 Å². The second kappa shape index (κ2) is 4.73. The summed E-state index contributed by atoms with van der Waals surface area (Å²) >= 11 is 0. The van der Waals surface area contributed by atoms with Crippen LogP contribution in [-0.4, -0.2) is 15.1 Å². The lowest BCUT2D eigenvalue weighted by Gasteiger charge is -1.98. The minimum Gasteiger partial charge on any atom is -0.384 e. The average Bonchev–Trinajstić information content (AvgIpc) is 2.92. The van der Waals surface area contributed by atoms with Crippen molar-refractivity contribution in [2.45, 2.75) is 6.92 Å². The summed E-state index contributed by atoms with van der Waals surface area (Å²) in [7, 11) is 0. The molecule has 0 saturated carbocycles. The Balaban J connectivity index is 1.99. The van der Waals surface area contributed by atoms with E-state index in [1.54, 1.807) is 37.3 Å². The Morgan fingerprint density at radius 3 is 2.75 bits per heavy atom. The van der Waals surface area contributed by atoms with E-state index in [0.29, 0.717) is 28.5 Å². The van der Waals surface area contributed by atoms with E-state index in [-0.39, 0.29) is 11.7 Å². The lowest BCUT2D eigenvalue weighted by atomic mass is 10.1. The van der Waals surface area contributed by atoms with Gasteiger partial charge in [-0.3, -0.25) is 0 Å². The lowest BCUT2D eigenvalue weighted by Crippen LogP contribution is -1.91. The smallest absolute Gasteiger partial charge is 0.276 e. The SMILES string of the molecule is Cc1cc(-c2noc(-c3cccc(N)n3)n2)ccc1F. The Hall–Kier alpha value is -2.76. The Morgan fingerprint density at radius 2 is 2.00 bits per heavy atom. The van der Waals surface area contributed by atoms with Gasteiger partial charge in [-0.1, -0.05) is 11.2 Å². The maximum Gasteiger partial charge on any atom is 0.276 e. The minimum atomic E-state index is -0.269. The fraction of sp³-hybridized carbons (Fsp3) is 0.0714. The number of nitrogens with zero attached hydrogens (tertiary/aromatic N) is 3. The van der Waals surface area contributed by atoms with Gasteiger partial charge in [-0.15, -0.1) is 0 Å². The number of hydrogen-bond donors (Lipinski definition) is 1. The van der Waals surface area contributed by atoms with Gasteiger partial charge in [0.2, 0.25) is 5.82 Å². The molecule has 6 heteroatoms. The molecule has 2 aromatic heterocycles. The number of anilines is 1. The van der Waals surface area contributed by atoms with Crippen LogP contribution in [-0.2, 0) is 0 Å². The van der Waals surface area contributed by atoms with Gasteiger partial charge in [0.05, 0.1) is 0 Å². The molecule has 0 saturated heterocycles. The van der Waals surface area contributed by atoms with Gasteiger partial charge in [0.25, 0.3) is 5.89 Å². The molecule has 2 heterocycles. The Kier molecular flexibility index (Phi) is 2.90. The molecule has 0 spiro atoms. The molecule has 0 radical (unpaired) electrons. The van der Waals surface area contributed by atoms with E-state index < -0.39 is 0 Å². The molecule has 20 heavy (non-hydrogen) atoms. The van der Waals surface area contributed by atoms with Crippen LogP contribution in [0.3, 0.4) is 0 Å². The van der Waals surface area contributed by atoms with Crippen molar-refractivity contribution >= 4 is 5.82 Å². The molecule has 0 bridgehead atoms. The number of aryl methyl sites for hydroxylation is 1. The van der Waals surface area contributed by atoms with Crippen molar-refractivity contribution in [3.05, 3.63) is 47.8 Å². The lowest BCUT2D eigenvalue weighted by molar-refractivity contribution is 0.431. The quantitative estimate of drug-likeness (QED) is 0.774. The summed E-state index contributed by atoms with van der Waals surface area (Å²) in [6.45, 7) is 1.68. The van der Waals surface area contributed by atoms with Crippen molar-refractivity contribution in [2.75, 3.05) is 5.73 Å². The van der Waals surface area contributed by atoms with Crippen molar-refractivity contribution in [3.63, 3.8) is 0 Å². The minimum absolute atomic E-state index is 0.269. The van der Waals surface area contributed by atoms with Gasteiger partial charge in [-0.25, -0.2) is 9.37 Å². The molecular weight excluding hydrogens is 259 g/mol. The second-order valence-electron chi connectivity index (χ2n) is 4.33. The molecule has 0 aliphatic carbocycles. The third kappa shape index (κ3) is 2.23. The van der Waals surface area contributed by atoms with E-state index in [2.05, 4.69) is 15.1 Å². The average molecular weight is 270 g/mol. The number of hydrogen-bond acceptors (Lipinski definition) is 5. The summed E-state index contributed by atoms with van der Waals surface area (Å²) in [5.74, 6) is 0.761. The third-order valence-electron chi connectivity index (χ3n) is 2.83. The van der Waals surface area contributed by atoms with Crippen molar-refractivity contribution in [1.29, 1.82) is 0 Å². The molecule has 0 amide bonds. The van der Waals surface area contributed by atoms with Crippen LogP contribution in [0.2, 0.25) is 0 Å². The van der Waals surface area contributed by atoms with Gasteiger partial charge >= 0.3 is 0 Å². The number of halogens is 1. The summed E-state index contributed by atoms with van der Waals surface area (Å²) in [5.41, 5.74) is 7.32. The standard InChI is InChI=1S/C14H11FN4O/c1-8-7-9(5-6-10(8)15)13-18-14(20-19-13)11-3-2-4-12(16)17-11/h2-7H,1H3,(H2,16,17). The van der Waals surface area contributed by atoms with Gasteiger partial charge in [-0.2, -0.15) is 4.98 Å². The van der Waals surface area contributed by atoms with Crippen LogP contribution in [0.5, 0.6) is 0 Å². The normalized spacial score (nSPS) is 10.7. The fourth-order valence-electron chi connectivity index (χ4n) is 1.80. The van der Waals surface area contributed by atoms with Gasteiger partial charge < -0.3 is 10.3 Å². The van der Waals surface area contributed by atoms with Crippen LogP contribution < -0.4 is 5.73 Å². The summed E-state index contributed by atoms with van der Waals surface area (Å²) in [6.07, 6.45) is 0. The highest BCUT2D eigenvalue weighted by Gasteiger charge is 2.12. The fourth-order valence-corrected chi connectivity index (χ4v) is 1.80. The van der Waals surface area contributed by atoms with Crippen LogP contribution in [0, 0.1) is 12.7 Å². The van der Waals surface area contributed by atoms with Crippen LogP contribution in [0.4, 0.5) is 10.2 Å². The van der Waals surface area contributed by atoms with E-state index >= 15 is 0 Å². The van der Waals surface area contributed by atoms with Crippen molar-refractivity contribution in [1.82, 2.24) is 15.1 Å². The van der Waals surface area contributed by atoms with E-state index in [1.807, 2.05) is 0 Å². The van der Waals surface area contributed by atoms with Crippen molar-refractivity contribution in [3.8, 4) is 23.0 Å². The largest absolute Gasteiger partial charge is 0.384 e. The molecule has 2 N–H and O–H groups in total. The molecule has 100 valence electrons. The maximum atomic E-state index is 13.2. The monoisotopic (exact) mass is 270 g/mol. The number of aromatic nitrogens is 3. The predicted molar refractivity (Wildman–Crippen MR) is 72.1 cm³/mol. The third-order valence-corrected chi connectivity index (χ3v) is 2.83. The number of rotatable bonds is 2. The van der Waals surface area contributed by atoms with Gasteiger partial charge in [0, 0.05) is 5.56 Å². The molecular formula is C14H11FN4O. The summed E-state index contributed by atoms with van der Waals surface area (Å²) in [4.78, 5) is 8.35. The Bertz CT molecular complexity index is 769. The number of nitrogen functional groups attached to an aromatic ring is 1. The maximum absolute atomic E-state index is 13.2. The van der Waals surface area contributed by atoms with Gasteiger partial charge in [0.15, 0.2) is 0 Å². The zero-order valence-corrected chi connectivity index (χ0v) is 10.7. The Morgan fingerprint density at radius 1 is 1.15 bits per heavy atom. The molecule has 0 unspecified atom stereocenters. The highest BCUT2D eigenvalue weighted by Crippen LogP contribution is 2.22. The second-order valence-corrected chi connectivity index (χ2v) is 4.33. The number of benzene rings is 1. The van der Waals surface area contributed by atoms with Crippen LogP contribution in [0.25, 0.3) is 23.0 Å². The first kappa shape index (κ1) is 12.3. The zero-order chi connectivity index (χ0) is 14.1. The molecule has 3 aromatic rings. The molecule has 0 atom stereocenters. The summed E-state index contributed by atoms with van der Waals surface area (Å²) < 4.78 is 18.4. The summed E-state index contributed by atoms with van der Waals surface area (Å²) in [5, 5.41) is 3.87. The van der Waals surface area contributed by atoms with Gasteiger partial charge in [0.1, 0.15) is 17.3 Å². The van der Waals surface area contributed by atoms with Crippen LogP contribution in [0.15, 0.2) is 40.9 Å². The van der Waals surface area contributed by atoms with E-state index in [0.717, 1.165) is 0 Å². The predicted octanol–water partition coefficient (Wildman–Crippen LogP) is 2.83. The van der Waals surface area contributed by atoms with Crippen molar-refractivity contribution < 1.29 is 8.91 Å². The van der Waals surface area contributed by atoms with E-state index in [1.165, 1.54) is 6.07 Å². The summed E-state index contributed by atoms with van der Waals surface area (Å²) in [6, 6.07) is 9.79. The van der Waals surface area contributed by atoms with E-state index in [9.17, 15) is 4.39 Å². The first-order valence-electron chi connectivity index (χ1n) is 5.96. The molecule has 1 aromatic carbocycles. The number of pyridine rings is 1. The van der Waals surface area contributed by atoms with Crippen LogP contribution in [0.1, 0.15) is 5.56 Å². The molecule has 0 aliphatic rings. The zero-order valence-electron chi connectivity index (χ0n) is 10.7. The van der Waals surface area contributed by atoms with Crippen LogP contribution >= 0.6 is 0 Å². The highest BCUT2D eigenvalue weighted by molar-refractivity contribution is 5.59. The topological polar surface area (TPSA) is 77.8 Å². The first-order valence-corrected chi connectivity index (χ1v) is 5.96. The van der Waals surface area contributed by atoms with E-state index in [4.69, 9.17) is 10.3 Å². The number of nitrogens with two attached hydrogens (primary N) is 1. The van der Waals surface area contributed by atoms with Crippen molar-refractivity contribution in [2.24, 2.45) is 0 Å². The first-order chi connectivity index (χ1) is 9.63.